The van der Waals surface area contributed by atoms with Gasteiger partial charge in [-0.1, -0.05) is 12.1 Å². The molecule has 1 saturated heterocycles. The molecule has 3 aromatic heterocycles. The van der Waals surface area contributed by atoms with Crippen LogP contribution in [0.25, 0.3) is 15.9 Å². The number of fused-ring (bicyclic) bond motifs is 2. The van der Waals surface area contributed by atoms with E-state index in [1.807, 2.05) is 29.3 Å². The van der Waals surface area contributed by atoms with Crippen molar-refractivity contribution in [2.45, 2.75) is 26.4 Å². The van der Waals surface area contributed by atoms with Crippen molar-refractivity contribution < 1.29 is 4.79 Å². The van der Waals surface area contributed by atoms with E-state index in [0.717, 1.165) is 11.3 Å². The highest BCUT2D eigenvalue weighted by molar-refractivity contribution is 7.15. The van der Waals surface area contributed by atoms with E-state index in [2.05, 4.69) is 14.9 Å². The van der Waals surface area contributed by atoms with Crippen LogP contribution in [0.1, 0.15) is 17.7 Å². The van der Waals surface area contributed by atoms with Crippen LogP contribution in [0.4, 0.5) is 0 Å². The summed E-state index contributed by atoms with van der Waals surface area (Å²) in [6.07, 6.45) is 3.52. The van der Waals surface area contributed by atoms with Gasteiger partial charge in [0.25, 0.3) is 11.1 Å². The monoisotopic (exact) mass is 464 g/mol. The number of aromatic nitrogens is 4. The van der Waals surface area contributed by atoms with Crippen LogP contribution in [0.5, 0.6) is 0 Å². The van der Waals surface area contributed by atoms with Gasteiger partial charge in [-0.15, -0.1) is 11.3 Å². The molecule has 0 saturated carbocycles. The first-order chi connectivity index (χ1) is 16.0. The van der Waals surface area contributed by atoms with Gasteiger partial charge in [-0.05, 0) is 18.6 Å². The molecule has 0 radical (unpaired) electrons. The second-order valence-electron chi connectivity index (χ2n) is 8.26. The highest BCUT2D eigenvalue weighted by Gasteiger charge is 2.22. The average Bonchev–Trinajstić information content (AvgIpc) is 3.29. The van der Waals surface area contributed by atoms with Gasteiger partial charge in [0.2, 0.25) is 5.91 Å². The van der Waals surface area contributed by atoms with Crippen molar-refractivity contribution in [2.75, 3.05) is 26.2 Å². The van der Waals surface area contributed by atoms with E-state index in [0.29, 0.717) is 55.1 Å². The lowest BCUT2D eigenvalue weighted by atomic mass is 10.1. The summed E-state index contributed by atoms with van der Waals surface area (Å²) in [5, 5.41) is 2.42. The van der Waals surface area contributed by atoms with Crippen LogP contribution in [0.3, 0.4) is 0 Å². The molecule has 9 nitrogen and oxygen atoms in total. The number of thiazole rings is 1. The molecule has 5 rings (SSSR count). The second-order valence-corrected chi connectivity index (χ2v) is 9.14. The van der Waals surface area contributed by atoms with E-state index in [9.17, 15) is 14.4 Å². The number of benzene rings is 1. The molecule has 0 N–H and O–H groups in total. The number of carbonyl (C=O) groups excluding carboxylic acids is 1. The molecule has 4 aromatic rings. The summed E-state index contributed by atoms with van der Waals surface area (Å²) in [6, 6.07) is 7.13. The summed E-state index contributed by atoms with van der Waals surface area (Å²) in [6.45, 7) is 5.48. The molecule has 1 aromatic carbocycles. The van der Waals surface area contributed by atoms with Gasteiger partial charge in [0, 0.05) is 63.3 Å². The number of hydrogen-bond donors (Lipinski definition) is 0. The Kier molecular flexibility index (Phi) is 5.77. The van der Waals surface area contributed by atoms with Crippen molar-refractivity contribution in [1.82, 2.24) is 28.7 Å². The molecule has 0 unspecified atom stereocenters. The zero-order valence-corrected chi connectivity index (χ0v) is 19.1. The number of hydrogen-bond acceptors (Lipinski definition) is 7. The molecule has 0 atom stereocenters. The third kappa shape index (κ3) is 4.31. The van der Waals surface area contributed by atoms with Gasteiger partial charge in [-0.2, -0.15) is 0 Å². The third-order valence-electron chi connectivity index (χ3n) is 6.09. The molecule has 1 amide bonds. The maximum atomic E-state index is 12.7. The number of nitrogens with zero attached hydrogens (tertiary/aromatic N) is 6. The van der Waals surface area contributed by atoms with E-state index in [1.54, 1.807) is 22.7 Å². The highest BCUT2D eigenvalue weighted by atomic mass is 32.1. The molecule has 0 spiro atoms. The molecule has 170 valence electrons. The van der Waals surface area contributed by atoms with Crippen LogP contribution >= 0.6 is 11.3 Å². The number of carbonyl (C=O) groups is 1. The number of piperazine rings is 1. The minimum absolute atomic E-state index is 0.0299. The number of rotatable bonds is 5. The Hall–Kier alpha value is -3.37. The van der Waals surface area contributed by atoms with E-state index in [1.165, 1.54) is 22.2 Å². The Morgan fingerprint density at radius 3 is 2.79 bits per heavy atom. The van der Waals surface area contributed by atoms with Crippen LogP contribution in [-0.2, 0) is 17.9 Å². The normalized spacial score (nSPS) is 14.9. The maximum absolute atomic E-state index is 12.7. The lowest BCUT2D eigenvalue weighted by Crippen LogP contribution is -2.48. The van der Waals surface area contributed by atoms with Gasteiger partial charge < -0.3 is 4.90 Å². The average molecular weight is 465 g/mol. The molecule has 1 aliphatic rings. The molecular weight excluding hydrogens is 440 g/mol. The predicted octanol–water partition coefficient (Wildman–Crippen LogP) is 1.51. The fourth-order valence-corrected chi connectivity index (χ4v) is 4.96. The molecule has 0 aliphatic carbocycles. The summed E-state index contributed by atoms with van der Waals surface area (Å²) in [4.78, 5) is 51.4. The molecule has 1 fully saturated rings. The van der Waals surface area contributed by atoms with Gasteiger partial charge >= 0.3 is 0 Å². The van der Waals surface area contributed by atoms with Gasteiger partial charge in [0.05, 0.1) is 22.9 Å². The largest absolute Gasteiger partial charge is 0.340 e. The Morgan fingerprint density at radius 2 is 1.97 bits per heavy atom. The van der Waals surface area contributed by atoms with Gasteiger partial charge in [0.15, 0.2) is 4.96 Å². The Morgan fingerprint density at radius 1 is 1.15 bits per heavy atom. The van der Waals surface area contributed by atoms with Crippen molar-refractivity contribution in [2.24, 2.45) is 0 Å². The fourth-order valence-electron chi connectivity index (χ4n) is 4.22. The number of para-hydroxylation sites is 1. The lowest BCUT2D eigenvalue weighted by molar-refractivity contribution is -0.133. The molecule has 33 heavy (non-hydrogen) atoms. The van der Waals surface area contributed by atoms with E-state index in [4.69, 9.17) is 0 Å². The zero-order valence-electron chi connectivity index (χ0n) is 18.3. The SMILES string of the molecule is Cc1cccc2c(=O)n(CCC(=O)N3CCN(Cc4cc(=O)n5ccsc5n4)CC3)cnc12. The van der Waals surface area contributed by atoms with E-state index >= 15 is 0 Å². The summed E-state index contributed by atoms with van der Waals surface area (Å²) < 4.78 is 3.06. The summed E-state index contributed by atoms with van der Waals surface area (Å²) in [7, 11) is 0. The second kappa shape index (κ2) is 8.87. The summed E-state index contributed by atoms with van der Waals surface area (Å²) >= 11 is 1.44. The first-order valence-corrected chi connectivity index (χ1v) is 11.8. The number of amides is 1. The minimum atomic E-state index is -0.118. The minimum Gasteiger partial charge on any atom is -0.340 e. The topological polar surface area (TPSA) is 92.8 Å². The van der Waals surface area contributed by atoms with E-state index < -0.39 is 0 Å². The van der Waals surface area contributed by atoms with E-state index in [-0.39, 0.29) is 23.4 Å². The summed E-state index contributed by atoms with van der Waals surface area (Å²) in [5.41, 5.74) is 2.23. The maximum Gasteiger partial charge on any atom is 0.261 e. The van der Waals surface area contributed by atoms with Crippen molar-refractivity contribution in [1.29, 1.82) is 0 Å². The zero-order chi connectivity index (χ0) is 22.9. The first-order valence-electron chi connectivity index (χ1n) is 10.9. The molecule has 10 heteroatoms. The predicted molar refractivity (Wildman–Crippen MR) is 127 cm³/mol. The van der Waals surface area contributed by atoms with Crippen LogP contribution in [-0.4, -0.2) is 60.8 Å². The first kappa shape index (κ1) is 21.5. The lowest BCUT2D eigenvalue weighted by Gasteiger charge is -2.34. The standard InChI is InChI=1S/C23H24N6O3S/c1-16-3-2-4-18-21(16)24-15-28(22(18)32)6-5-19(30)27-9-7-26(8-10-27)14-17-13-20(31)29-11-12-33-23(29)25-17/h2-4,11-13,15H,5-10,14H2,1H3. The highest BCUT2D eigenvalue weighted by Crippen LogP contribution is 2.13. The van der Waals surface area contributed by atoms with Crippen LogP contribution in [0.2, 0.25) is 0 Å². The molecule has 0 bridgehead atoms. The smallest absolute Gasteiger partial charge is 0.261 e. The van der Waals surface area contributed by atoms with Crippen molar-refractivity contribution >= 4 is 33.1 Å². The van der Waals surface area contributed by atoms with Crippen molar-refractivity contribution in [3.05, 3.63) is 74.1 Å². The quantitative estimate of drug-likeness (QED) is 0.445. The number of aryl methyl sites for hydroxylation is 2. The van der Waals surface area contributed by atoms with Crippen LogP contribution in [0.15, 0.2) is 51.8 Å². The van der Waals surface area contributed by atoms with Crippen LogP contribution in [0, 0.1) is 6.92 Å². The van der Waals surface area contributed by atoms with Gasteiger partial charge in [-0.25, -0.2) is 9.97 Å². The van der Waals surface area contributed by atoms with Gasteiger partial charge in [-0.3, -0.25) is 28.3 Å². The molecular formula is C23H24N6O3S. The van der Waals surface area contributed by atoms with Gasteiger partial charge in [0.1, 0.15) is 0 Å². The molecule has 4 heterocycles. The molecule has 1 aliphatic heterocycles. The Labute approximate surface area is 193 Å². The van der Waals surface area contributed by atoms with Crippen molar-refractivity contribution in [3.63, 3.8) is 0 Å². The van der Waals surface area contributed by atoms with Crippen molar-refractivity contribution in [3.8, 4) is 0 Å². The fraction of sp³-hybridized carbons (Fsp3) is 0.348. The summed E-state index contributed by atoms with van der Waals surface area (Å²) in [5.74, 6) is 0.0299. The Bertz CT molecular complexity index is 1450. The van der Waals surface area contributed by atoms with Crippen LogP contribution < -0.4 is 11.1 Å². The Balaban J connectivity index is 1.17. The third-order valence-corrected chi connectivity index (χ3v) is 6.85.